The van der Waals surface area contributed by atoms with Crippen LogP contribution >= 0.6 is 0 Å². The zero-order valence-corrected chi connectivity index (χ0v) is 10.7. The molecule has 0 aliphatic heterocycles. The second kappa shape index (κ2) is 6.64. The van der Waals surface area contributed by atoms with E-state index in [-0.39, 0.29) is 0 Å². The van der Waals surface area contributed by atoms with E-state index in [4.69, 9.17) is 4.74 Å². The summed E-state index contributed by atoms with van der Waals surface area (Å²) >= 11 is 0. The quantitative estimate of drug-likeness (QED) is 0.771. The third-order valence-electron chi connectivity index (χ3n) is 3.34. The molecule has 1 aliphatic rings. The summed E-state index contributed by atoms with van der Waals surface area (Å²) in [5.41, 5.74) is 0. The van der Waals surface area contributed by atoms with Crippen molar-refractivity contribution >= 4 is 0 Å². The first kappa shape index (κ1) is 12.4. The van der Waals surface area contributed by atoms with E-state index in [1.54, 1.807) is 6.20 Å². The van der Waals surface area contributed by atoms with Crippen LogP contribution in [0, 0.1) is 0 Å². The van der Waals surface area contributed by atoms with Crippen LogP contribution < -0.4 is 10.1 Å². The van der Waals surface area contributed by atoms with Crippen molar-refractivity contribution in [2.75, 3.05) is 13.2 Å². The fourth-order valence-corrected chi connectivity index (χ4v) is 2.33. The number of aromatic nitrogens is 2. The molecule has 96 valence electrons. The Morgan fingerprint density at radius 1 is 1.41 bits per heavy atom. The van der Waals surface area contributed by atoms with Crippen LogP contribution in [0.25, 0.3) is 0 Å². The van der Waals surface area contributed by atoms with Crippen molar-refractivity contribution in [1.82, 2.24) is 15.1 Å². The average Bonchev–Trinajstić information content (AvgIpc) is 2.84. The normalized spacial score (nSPS) is 17.2. The Morgan fingerprint density at radius 3 is 2.94 bits per heavy atom. The molecule has 0 unspecified atom stereocenters. The van der Waals surface area contributed by atoms with Crippen molar-refractivity contribution in [1.29, 1.82) is 0 Å². The molecule has 0 aromatic carbocycles. The molecule has 4 nitrogen and oxygen atoms in total. The lowest BCUT2D eigenvalue weighted by Crippen LogP contribution is -2.34. The molecular formula is C13H23N3O. The number of nitrogens with zero attached hydrogens (tertiary/aromatic N) is 2. The van der Waals surface area contributed by atoms with E-state index in [1.807, 2.05) is 10.9 Å². The topological polar surface area (TPSA) is 39.1 Å². The molecule has 0 atom stereocenters. The summed E-state index contributed by atoms with van der Waals surface area (Å²) in [7, 11) is 0. The van der Waals surface area contributed by atoms with Crippen molar-refractivity contribution in [3.63, 3.8) is 0 Å². The van der Waals surface area contributed by atoms with Gasteiger partial charge in [0.2, 0.25) is 0 Å². The fourth-order valence-electron chi connectivity index (χ4n) is 2.33. The van der Waals surface area contributed by atoms with Gasteiger partial charge in [-0.3, -0.25) is 4.68 Å². The highest BCUT2D eigenvalue weighted by Crippen LogP contribution is 2.17. The predicted molar refractivity (Wildman–Crippen MR) is 68.3 cm³/mol. The third-order valence-corrected chi connectivity index (χ3v) is 3.34. The van der Waals surface area contributed by atoms with Gasteiger partial charge in [-0.1, -0.05) is 19.3 Å². The minimum Gasteiger partial charge on any atom is -0.489 e. The van der Waals surface area contributed by atoms with Crippen LogP contribution in [-0.2, 0) is 6.54 Å². The number of hydrogen-bond acceptors (Lipinski definition) is 3. The van der Waals surface area contributed by atoms with Crippen LogP contribution in [-0.4, -0.2) is 29.0 Å². The maximum atomic E-state index is 5.63. The van der Waals surface area contributed by atoms with Gasteiger partial charge >= 0.3 is 0 Å². The second-order valence-electron chi connectivity index (χ2n) is 4.67. The monoisotopic (exact) mass is 237 g/mol. The van der Waals surface area contributed by atoms with E-state index in [0.717, 1.165) is 25.4 Å². The summed E-state index contributed by atoms with van der Waals surface area (Å²) in [6, 6.07) is 0.714. The summed E-state index contributed by atoms with van der Waals surface area (Å²) in [5.74, 6) is 0.872. The van der Waals surface area contributed by atoms with E-state index < -0.39 is 0 Å². The summed E-state index contributed by atoms with van der Waals surface area (Å²) < 4.78 is 7.51. The van der Waals surface area contributed by atoms with Crippen LogP contribution in [0.3, 0.4) is 0 Å². The molecule has 0 bridgehead atoms. The van der Waals surface area contributed by atoms with Crippen LogP contribution in [0.2, 0.25) is 0 Å². The van der Waals surface area contributed by atoms with Gasteiger partial charge < -0.3 is 10.1 Å². The van der Waals surface area contributed by atoms with E-state index in [1.165, 1.54) is 32.1 Å². The highest BCUT2D eigenvalue weighted by molar-refractivity contribution is 5.11. The molecule has 0 amide bonds. The van der Waals surface area contributed by atoms with Gasteiger partial charge in [0.1, 0.15) is 6.61 Å². The minimum atomic E-state index is 0.714. The molecule has 1 heterocycles. The lowest BCUT2D eigenvalue weighted by atomic mass is 9.96. The minimum absolute atomic E-state index is 0.714. The first-order valence-electron chi connectivity index (χ1n) is 6.77. The van der Waals surface area contributed by atoms with Crippen molar-refractivity contribution in [3.05, 3.63) is 12.4 Å². The molecule has 2 rings (SSSR count). The molecule has 0 spiro atoms. The fraction of sp³-hybridized carbons (Fsp3) is 0.769. The lowest BCUT2D eigenvalue weighted by molar-refractivity contribution is 0.289. The Bertz CT molecular complexity index is 318. The molecule has 0 saturated heterocycles. The van der Waals surface area contributed by atoms with Gasteiger partial charge in [-0.05, 0) is 19.8 Å². The van der Waals surface area contributed by atoms with Gasteiger partial charge in [0.05, 0.1) is 12.4 Å². The van der Waals surface area contributed by atoms with Gasteiger partial charge in [-0.25, -0.2) is 0 Å². The molecule has 1 aromatic rings. The van der Waals surface area contributed by atoms with E-state index in [0.29, 0.717) is 6.04 Å². The van der Waals surface area contributed by atoms with Gasteiger partial charge in [-0.15, -0.1) is 0 Å². The molecule has 4 heteroatoms. The third kappa shape index (κ3) is 4.04. The van der Waals surface area contributed by atoms with Crippen molar-refractivity contribution in [3.8, 4) is 5.75 Å². The number of aryl methyl sites for hydroxylation is 1. The summed E-state index contributed by atoms with van der Waals surface area (Å²) in [6.07, 6.45) is 10.5. The largest absolute Gasteiger partial charge is 0.489 e. The smallest absolute Gasteiger partial charge is 0.157 e. The number of rotatable bonds is 6. The van der Waals surface area contributed by atoms with E-state index in [2.05, 4.69) is 17.3 Å². The Hall–Kier alpha value is -1.03. The van der Waals surface area contributed by atoms with Gasteiger partial charge in [0.15, 0.2) is 5.75 Å². The zero-order chi connectivity index (χ0) is 11.9. The van der Waals surface area contributed by atoms with Gasteiger partial charge in [0.25, 0.3) is 0 Å². The SMILES string of the molecule is CCn1cc(OCCNC2CCCCC2)cn1. The average molecular weight is 237 g/mol. The Labute approximate surface area is 103 Å². The van der Waals surface area contributed by atoms with E-state index in [9.17, 15) is 0 Å². The first-order valence-corrected chi connectivity index (χ1v) is 6.77. The Balaban J connectivity index is 1.59. The summed E-state index contributed by atoms with van der Waals surface area (Å²) in [6.45, 7) is 4.62. The second-order valence-corrected chi connectivity index (χ2v) is 4.67. The first-order chi connectivity index (χ1) is 8.38. The van der Waals surface area contributed by atoms with Gasteiger partial charge in [-0.2, -0.15) is 5.10 Å². The van der Waals surface area contributed by atoms with Crippen LogP contribution in [0.15, 0.2) is 12.4 Å². The molecule has 17 heavy (non-hydrogen) atoms. The number of nitrogens with one attached hydrogen (secondary N) is 1. The summed E-state index contributed by atoms with van der Waals surface area (Å²) in [4.78, 5) is 0. The molecule has 1 N–H and O–H groups in total. The maximum Gasteiger partial charge on any atom is 0.157 e. The van der Waals surface area contributed by atoms with E-state index >= 15 is 0 Å². The number of hydrogen-bond donors (Lipinski definition) is 1. The van der Waals surface area contributed by atoms with Gasteiger partial charge in [0, 0.05) is 19.1 Å². The predicted octanol–water partition coefficient (Wildman–Crippen LogP) is 2.20. The van der Waals surface area contributed by atoms with Crippen molar-refractivity contribution < 1.29 is 4.74 Å². The van der Waals surface area contributed by atoms with Crippen molar-refractivity contribution in [2.24, 2.45) is 0 Å². The molecule has 1 saturated carbocycles. The van der Waals surface area contributed by atoms with Crippen LogP contribution in [0.1, 0.15) is 39.0 Å². The maximum absolute atomic E-state index is 5.63. The molecule has 0 radical (unpaired) electrons. The Kier molecular flexibility index (Phi) is 4.86. The molecular weight excluding hydrogens is 214 g/mol. The lowest BCUT2D eigenvalue weighted by Gasteiger charge is -2.22. The van der Waals surface area contributed by atoms with Crippen LogP contribution in [0.5, 0.6) is 5.75 Å². The molecule has 1 fully saturated rings. The molecule has 1 aliphatic carbocycles. The molecule has 1 aromatic heterocycles. The zero-order valence-electron chi connectivity index (χ0n) is 10.7. The summed E-state index contributed by atoms with van der Waals surface area (Å²) in [5, 5.41) is 7.73. The highest BCUT2D eigenvalue weighted by Gasteiger charge is 2.11. The number of ether oxygens (including phenoxy) is 1. The Morgan fingerprint density at radius 2 is 2.24 bits per heavy atom. The van der Waals surface area contributed by atoms with Crippen molar-refractivity contribution in [2.45, 2.75) is 51.6 Å². The van der Waals surface area contributed by atoms with Crippen LogP contribution in [0.4, 0.5) is 0 Å². The standard InChI is InChI=1S/C13H23N3O/c1-2-16-11-13(10-15-16)17-9-8-14-12-6-4-3-5-7-12/h10-12,14H,2-9H2,1H3. The highest BCUT2D eigenvalue weighted by atomic mass is 16.5.